The van der Waals surface area contributed by atoms with Crippen LogP contribution in [0.2, 0.25) is 5.02 Å². The van der Waals surface area contributed by atoms with Gasteiger partial charge in [0.1, 0.15) is 18.1 Å². The molecule has 1 amide bonds. The van der Waals surface area contributed by atoms with E-state index in [0.717, 1.165) is 0 Å². The Balaban J connectivity index is 1.56. The van der Waals surface area contributed by atoms with E-state index < -0.39 is 11.7 Å². The van der Waals surface area contributed by atoms with Crippen LogP contribution in [0.25, 0.3) is 10.9 Å². The molecule has 0 aliphatic rings. The number of aromatic hydroxyl groups is 1. The zero-order valence-electron chi connectivity index (χ0n) is 17.0. The molecule has 8 nitrogen and oxygen atoms in total. The number of amides is 1. The molecule has 0 spiro atoms. The van der Waals surface area contributed by atoms with E-state index in [1.54, 1.807) is 36.6 Å². The van der Waals surface area contributed by atoms with Crippen molar-refractivity contribution in [2.24, 2.45) is 10.2 Å². The molecule has 4 rings (SSSR count). The van der Waals surface area contributed by atoms with Crippen molar-refractivity contribution < 1.29 is 18.7 Å². The smallest absolute Gasteiger partial charge is 0.244 e. The molecule has 0 atom stereocenters. The summed E-state index contributed by atoms with van der Waals surface area (Å²) < 4.78 is 19.7. The number of aromatic nitrogens is 1. The number of azo groups is 1. The molecule has 0 radical (unpaired) electrons. The van der Waals surface area contributed by atoms with Gasteiger partial charge in [0.25, 0.3) is 0 Å². The lowest BCUT2D eigenvalue weighted by Crippen LogP contribution is -2.18. The second kappa shape index (κ2) is 9.80. The normalized spacial score (nSPS) is 11.2. The number of nitrogens with one attached hydrogen (secondary N) is 2. The molecular weight excluding hydrogens is 469 g/mol. The zero-order valence-corrected chi connectivity index (χ0v) is 18.5. The van der Waals surface area contributed by atoms with Gasteiger partial charge in [0.2, 0.25) is 16.9 Å². The van der Waals surface area contributed by atoms with E-state index in [4.69, 9.17) is 28.2 Å². The van der Waals surface area contributed by atoms with Crippen LogP contribution in [0.5, 0.6) is 5.88 Å². The average Bonchev–Trinajstić information content (AvgIpc) is 3.39. The van der Waals surface area contributed by atoms with Crippen LogP contribution < -0.4 is 10.6 Å². The number of benzene rings is 2. The number of furan rings is 1. The molecule has 0 bridgehead atoms. The molecule has 0 fully saturated rings. The molecule has 0 aliphatic heterocycles. The molecule has 33 heavy (non-hydrogen) atoms. The summed E-state index contributed by atoms with van der Waals surface area (Å²) in [5, 5.41) is 25.4. The minimum Gasteiger partial charge on any atom is -0.493 e. The number of hydrogen-bond acceptors (Lipinski definition) is 5. The van der Waals surface area contributed by atoms with Crippen LogP contribution >= 0.6 is 23.8 Å². The Morgan fingerprint density at radius 1 is 1.21 bits per heavy atom. The van der Waals surface area contributed by atoms with Gasteiger partial charge in [-0.3, -0.25) is 4.79 Å². The quantitative estimate of drug-likeness (QED) is 0.246. The number of carbonyl (C=O) groups is 1. The van der Waals surface area contributed by atoms with E-state index in [-0.39, 0.29) is 23.2 Å². The topological polar surface area (TPSA) is 104 Å². The van der Waals surface area contributed by atoms with Gasteiger partial charge >= 0.3 is 0 Å². The van der Waals surface area contributed by atoms with Gasteiger partial charge in [-0.05, 0) is 66.8 Å². The Kier molecular flexibility index (Phi) is 6.66. The molecule has 0 saturated carbocycles. The predicted molar refractivity (Wildman–Crippen MR) is 126 cm³/mol. The number of halogens is 2. The SMILES string of the molecule is O=C(Cn1c(O)c(N=NC(=S)NCc2ccco2)c2cc(Cl)ccc21)Nc1ccc(F)cc1. The van der Waals surface area contributed by atoms with Crippen molar-refractivity contribution in [3.05, 3.63) is 77.5 Å². The number of thiocarbonyl (C=S) groups is 1. The Morgan fingerprint density at radius 3 is 2.73 bits per heavy atom. The second-order valence-electron chi connectivity index (χ2n) is 6.91. The third-order valence-corrected chi connectivity index (χ3v) is 5.10. The molecule has 0 aliphatic carbocycles. The van der Waals surface area contributed by atoms with Crippen LogP contribution in [-0.2, 0) is 17.9 Å². The summed E-state index contributed by atoms with van der Waals surface area (Å²) in [5.41, 5.74) is 1.06. The largest absolute Gasteiger partial charge is 0.493 e. The minimum atomic E-state index is -0.428. The number of nitrogens with zero attached hydrogens (tertiary/aromatic N) is 3. The summed E-state index contributed by atoms with van der Waals surface area (Å²) >= 11 is 11.3. The molecule has 4 aromatic rings. The van der Waals surface area contributed by atoms with E-state index in [0.29, 0.717) is 33.9 Å². The second-order valence-corrected chi connectivity index (χ2v) is 7.74. The van der Waals surface area contributed by atoms with Crippen LogP contribution in [0.1, 0.15) is 5.76 Å². The van der Waals surface area contributed by atoms with Crippen LogP contribution in [-0.4, -0.2) is 20.7 Å². The summed E-state index contributed by atoms with van der Waals surface area (Å²) in [6.07, 6.45) is 1.55. The lowest BCUT2D eigenvalue weighted by atomic mass is 10.2. The molecule has 3 N–H and O–H groups in total. The average molecular weight is 486 g/mol. The third-order valence-electron chi connectivity index (χ3n) is 4.64. The molecular formula is C22H17ClFN5O3S. The molecule has 11 heteroatoms. The van der Waals surface area contributed by atoms with Gasteiger partial charge in [0, 0.05) is 16.1 Å². The highest BCUT2D eigenvalue weighted by Crippen LogP contribution is 2.40. The summed E-state index contributed by atoms with van der Waals surface area (Å²) in [5.74, 6) is -0.446. The van der Waals surface area contributed by atoms with Crippen molar-refractivity contribution in [3.8, 4) is 5.88 Å². The maximum atomic E-state index is 13.1. The zero-order chi connectivity index (χ0) is 23.4. The van der Waals surface area contributed by atoms with Crippen molar-refractivity contribution in [2.45, 2.75) is 13.1 Å². The predicted octanol–water partition coefficient (Wildman–Crippen LogP) is 5.53. The first-order valence-corrected chi connectivity index (χ1v) is 10.5. The fourth-order valence-corrected chi connectivity index (χ4v) is 3.42. The van der Waals surface area contributed by atoms with E-state index in [1.165, 1.54) is 28.8 Å². The van der Waals surface area contributed by atoms with Crippen LogP contribution in [0.4, 0.5) is 15.8 Å². The maximum Gasteiger partial charge on any atom is 0.244 e. The lowest BCUT2D eigenvalue weighted by molar-refractivity contribution is -0.116. The third kappa shape index (κ3) is 5.36. The van der Waals surface area contributed by atoms with Crippen molar-refractivity contribution in [1.29, 1.82) is 0 Å². The molecule has 2 heterocycles. The monoisotopic (exact) mass is 485 g/mol. The van der Waals surface area contributed by atoms with Crippen molar-refractivity contribution in [1.82, 2.24) is 9.88 Å². The standard InChI is InChI=1S/C22H17ClFN5O3S/c23-13-3-8-18-17(10-13)20(27-28-22(33)25-11-16-2-1-9-32-16)21(31)29(18)12-19(30)26-15-6-4-14(24)5-7-15/h1-10,31H,11-12H2,(H,25,33)(H,26,30). The fourth-order valence-electron chi connectivity index (χ4n) is 3.14. The van der Waals surface area contributed by atoms with E-state index >= 15 is 0 Å². The first-order valence-electron chi connectivity index (χ1n) is 9.69. The van der Waals surface area contributed by atoms with E-state index in [1.807, 2.05) is 0 Å². The van der Waals surface area contributed by atoms with Gasteiger partial charge in [-0.15, -0.1) is 10.2 Å². The van der Waals surface area contributed by atoms with E-state index in [2.05, 4.69) is 20.9 Å². The highest BCUT2D eigenvalue weighted by Gasteiger charge is 2.19. The van der Waals surface area contributed by atoms with Gasteiger partial charge < -0.3 is 24.7 Å². The van der Waals surface area contributed by atoms with Gasteiger partial charge in [0.05, 0.1) is 18.3 Å². The Morgan fingerprint density at radius 2 is 2.00 bits per heavy atom. The number of carbonyl (C=O) groups excluding carboxylic acids is 1. The van der Waals surface area contributed by atoms with Gasteiger partial charge in [-0.25, -0.2) is 4.39 Å². The van der Waals surface area contributed by atoms with Crippen LogP contribution in [0, 0.1) is 5.82 Å². The van der Waals surface area contributed by atoms with E-state index in [9.17, 15) is 14.3 Å². The number of fused-ring (bicyclic) bond motifs is 1. The van der Waals surface area contributed by atoms with Crippen molar-refractivity contribution in [3.63, 3.8) is 0 Å². The first-order chi connectivity index (χ1) is 15.9. The van der Waals surface area contributed by atoms with Gasteiger partial charge in [-0.2, -0.15) is 0 Å². The van der Waals surface area contributed by atoms with Gasteiger partial charge in [0.15, 0.2) is 5.69 Å². The number of hydrogen-bond donors (Lipinski definition) is 3. The lowest BCUT2D eigenvalue weighted by Gasteiger charge is -2.08. The molecule has 168 valence electrons. The summed E-state index contributed by atoms with van der Waals surface area (Å²) in [6.45, 7) is 0.103. The van der Waals surface area contributed by atoms with Crippen LogP contribution in [0.3, 0.4) is 0 Å². The highest BCUT2D eigenvalue weighted by molar-refractivity contribution is 7.80. The maximum absolute atomic E-state index is 13.1. The summed E-state index contributed by atoms with van der Waals surface area (Å²) in [4.78, 5) is 12.5. The summed E-state index contributed by atoms with van der Waals surface area (Å²) in [7, 11) is 0. The minimum absolute atomic E-state index is 0.0859. The van der Waals surface area contributed by atoms with Crippen molar-refractivity contribution in [2.75, 3.05) is 5.32 Å². The fraction of sp³-hybridized carbons (Fsp3) is 0.0909. The highest BCUT2D eigenvalue weighted by atomic mass is 35.5. The molecule has 0 saturated heterocycles. The first kappa shape index (κ1) is 22.4. The van der Waals surface area contributed by atoms with Crippen LogP contribution in [0.15, 0.2) is 75.5 Å². The summed E-state index contributed by atoms with van der Waals surface area (Å²) in [6, 6.07) is 13.8. The Labute approximate surface area is 197 Å². The van der Waals surface area contributed by atoms with Gasteiger partial charge in [-0.1, -0.05) is 11.6 Å². The van der Waals surface area contributed by atoms with Crippen molar-refractivity contribution >= 4 is 57.1 Å². The number of anilines is 1. The Bertz CT molecular complexity index is 1340. The Hall–Kier alpha value is -3.76. The molecule has 2 aromatic heterocycles. The molecule has 2 aromatic carbocycles. The molecule has 0 unspecified atom stereocenters. The number of rotatable bonds is 6.